The van der Waals surface area contributed by atoms with Gasteiger partial charge in [-0.3, -0.25) is 14.8 Å². The zero-order valence-corrected chi connectivity index (χ0v) is 11.5. The van der Waals surface area contributed by atoms with Gasteiger partial charge in [0.25, 0.3) is 5.91 Å². The van der Waals surface area contributed by atoms with Gasteiger partial charge in [-0.25, -0.2) is 4.79 Å². The average molecular weight is 285 g/mol. The van der Waals surface area contributed by atoms with Gasteiger partial charge < -0.3 is 10.1 Å². The number of carbonyl (C=O) groups excluding carboxylic acids is 2. The summed E-state index contributed by atoms with van der Waals surface area (Å²) in [4.78, 5) is 31.7. The van der Waals surface area contributed by atoms with Crippen molar-refractivity contribution in [3.8, 4) is 0 Å². The van der Waals surface area contributed by atoms with Gasteiger partial charge >= 0.3 is 5.97 Å². The predicted molar refractivity (Wildman–Crippen MR) is 76.6 cm³/mol. The Hall–Kier alpha value is -2.76. The molecule has 0 saturated carbocycles. The Kier molecular flexibility index (Phi) is 4.98. The van der Waals surface area contributed by atoms with Gasteiger partial charge in [0.05, 0.1) is 17.4 Å². The normalized spacial score (nSPS) is 11.5. The van der Waals surface area contributed by atoms with Crippen LogP contribution in [0.25, 0.3) is 0 Å². The van der Waals surface area contributed by atoms with E-state index in [2.05, 4.69) is 15.3 Å². The van der Waals surface area contributed by atoms with Crippen LogP contribution in [0.4, 0.5) is 5.69 Å². The highest BCUT2D eigenvalue weighted by molar-refractivity contribution is 5.97. The summed E-state index contributed by atoms with van der Waals surface area (Å²) in [7, 11) is 0. The van der Waals surface area contributed by atoms with Crippen molar-refractivity contribution in [1.82, 2.24) is 9.97 Å². The fourth-order valence-electron chi connectivity index (χ4n) is 1.67. The molecular formula is C15H15N3O3. The van der Waals surface area contributed by atoms with Crippen LogP contribution in [-0.2, 0) is 9.53 Å². The van der Waals surface area contributed by atoms with Crippen molar-refractivity contribution in [2.45, 2.75) is 19.4 Å². The number of amides is 1. The van der Waals surface area contributed by atoms with Crippen LogP contribution < -0.4 is 5.32 Å². The van der Waals surface area contributed by atoms with Crippen LogP contribution in [0.2, 0.25) is 0 Å². The van der Waals surface area contributed by atoms with Crippen molar-refractivity contribution in [3.05, 3.63) is 54.6 Å². The molecule has 0 radical (unpaired) electrons. The Labute approximate surface area is 122 Å². The molecule has 2 aromatic heterocycles. The van der Waals surface area contributed by atoms with Crippen molar-refractivity contribution < 1.29 is 14.3 Å². The highest BCUT2D eigenvalue weighted by atomic mass is 16.5. The molecule has 0 saturated heterocycles. The number of esters is 1. The molecule has 2 aromatic rings. The molecule has 1 N–H and O–H groups in total. The predicted octanol–water partition coefficient (Wildman–Crippen LogP) is 2.05. The van der Waals surface area contributed by atoms with E-state index in [4.69, 9.17) is 4.74 Å². The molecule has 1 unspecified atom stereocenters. The van der Waals surface area contributed by atoms with E-state index in [1.807, 2.05) is 0 Å². The van der Waals surface area contributed by atoms with Crippen LogP contribution in [0.5, 0.6) is 0 Å². The van der Waals surface area contributed by atoms with E-state index in [0.29, 0.717) is 17.7 Å². The molecule has 21 heavy (non-hydrogen) atoms. The summed E-state index contributed by atoms with van der Waals surface area (Å²) in [6.45, 7) is 1.77. The van der Waals surface area contributed by atoms with Gasteiger partial charge in [-0.05, 0) is 30.7 Å². The van der Waals surface area contributed by atoms with Crippen molar-refractivity contribution >= 4 is 17.6 Å². The Morgan fingerprint density at radius 2 is 1.95 bits per heavy atom. The highest BCUT2D eigenvalue weighted by Crippen LogP contribution is 2.09. The third kappa shape index (κ3) is 4.10. The number of nitrogens with one attached hydrogen (secondary N) is 1. The zero-order valence-electron chi connectivity index (χ0n) is 11.5. The van der Waals surface area contributed by atoms with Gasteiger partial charge in [0.15, 0.2) is 6.10 Å². The fourth-order valence-corrected chi connectivity index (χ4v) is 1.67. The highest BCUT2D eigenvalue weighted by Gasteiger charge is 2.22. The van der Waals surface area contributed by atoms with E-state index in [0.717, 1.165) is 0 Å². The van der Waals surface area contributed by atoms with E-state index >= 15 is 0 Å². The van der Waals surface area contributed by atoms with E-state index in [1.165, 1.54) is 30.7 Å². The van der Waals surface area contributed by atoms with Crippen LogP contribution in [0.15, 0.2) is 49.1 Å². The van der Waals surface area contributed by atoms with Crippen LogP contribution >= 0.6 is 0 Å². The van der Waals surface area contributed by atoms with Gasteiger partial charge in [-0.15, -0.1) is 0 Å². The number of anilines is 1. The fraction of sp³-hybridized carbons (Fsp3) is 0.200. The molecule has 2 heterocycles. The second-order valence-corrected chi connectivity index (χ2v) is 4.27. The number of hydrogen-bond donors (Lipinski definition) is 1. The lowest BCUT2D eigenvalue weighted by molar-refractivity contribution is -0.124. The van der Waals surface area contributed by atoms with Gasteiger partial charge in [-0.1, -0.05) is 6.92 Å². The number of ether oxygens (including phenoxy) is 1. The first-order valence-electron chi connectivity index (χ1n) is 6.52. The summed E-state index contributed by atoms with van der Waals surface area (Å²) in [5.41, 5.74) is 0.915. The number of carbonyl (C=O) groups is 2. The minimum absolute atomic E-state index is 0.359. The van der Waals surface area contributed by atoms with Gasteiger partial charge in [-0.2, -0.15) is 0 Å². The summed E-state index contributed by atoms with van der Waals surface area (Å²) in [5, 5.41) is 2.66. The molecule has 0 aliphatic heterocycles. The molecule has 6 heteroatoms. The van der Waals surface area contributed by atoms with E-state index in [1.54, 1.807) is 25.3 Å². The number of hydrogen-bond acceptors (Lipinski definition) is 5. The first-order valence-corrected chi connectivity index (χ1v) is 6.52. The lowest BCUT2D eigenvalue weighted by atomic mass is 10.2. The van der Waals surface area contributed by atoms with E-state index in [-0.39, 0.29) is 5.91 Å². The number of pyridine rings is 2. The van der Waals surface area contributed by atoms with Crippen LogP contribution in [-0.4, -0.2) is 27.9 Å². The number of nitrogens with zero attached hydrogens (tertiary/aromatic N) is 2. The van der Waals surface area contributed by atoms with E-state index in [9.17, 15) is 9.59 Å². The van der Waals surface area contributed by atoms with Crippen molar-refractivity contribution in [2.24, 2.45) is 0 Å². The summed E-state index contributed by atoms with van der Waals surface area (Å²) in [5.74, 6) is -0.932. The molecule has 0 aromatic carbocycles. The Morgan fingerprint density at radius 1 is 1.19 bits per heavy atom. The molecule has 0 aliphatic carbocycles. The molecule has 0 aliphatic rings. The van der Waals surface area contributed by atoms with Gasteiger partial charge in [0.2, 0.25) is 0 Å². The first kappa shape index (κ1) is 14.6. The van der Waals surface area contributed by atoms with Crippen molar-refractivity contribution in [3.63, 3.8) is 0 Å². The minimum atomic E-state index is -0.856. The third-order valence-corrected chi connectivity index (χ3v) is 2.76. The molecule has 1 atom stereocenters. The lowest BCUT2D eigenvalue weighted by Crippen LogP contribution is -2.32. The quantitative estimate of drug-likeness (QED) is 0.850. The largest absolute Gasteiger partial charge is 0.449 e. The molecular weight excluding hydrogens is 270 g/mol. The van der Waals surface area contributed by atoms with Gasteiger partial charge in [0.1, 0.15) is 0 Å². The van der Waals surface area contributed by atoms with Gasteiger partial charge in [0, 0.05) is 18.6 Å². The average Bonchev–Trinajstić information content (AvgIpc) is 2.54. The molecule has 0 bridgehead atoms. The Balaban J connectivity index is 1.99. The summed E-state index contributed by atoms with van der Waals surface area (Å²) in [6.07, 6.45) is 5.64. The topological polar surface area (TPSA) is 81.2 Å². The summed E-state index contributed by atoms with van der Waals surface area (Å²) >= 11 is 0. The number of aromatic nitrogens is 2. The maximum atomic E-state index is 12.1. The van der Waals surface area contributed by atoms with Crippen molar-refractivity contribution in [1.29, 1.82) is 0 Å². The molecule has 0 fully saturated rings. The zero-order chi connectivity index (χ0) is 15.1. The molecule has 6 nitrogen and oxygen atoms in total. The Bertz CT molecular complexity index is 602. The summed E-state index contributed by atoms with van der Waals surface area (Å²) < 4.78 is 5.22. The standard InChI is InChI=1S/C15H15N3O3/c1-2-13(14(19)18-12-4-3-7-17-10-12)21-15(20)11-5-8-16-9-6-11/h3-10,13H,2H2,1H3,(H,18,19). The third-order valence-electron chi connectivity index (χ3n) is 2.76. The van der Waals surface area contributed by atoms with Crippen LogP contribution in [0, 0.1) is 0 Å². The van der Waals surface area contributed by atoms with Crippen molar-refractivity contribution in [2.75, 3.05) is 5.32 Å². The molecule has 1 amide bonds. The van der Waals surface area contributed by atoms with Crippen LogP contribution in [0.1, 0.15) is 23.7 Å². The molecule has 0 spiro atoms. The van der Waals surface area contributed by atoms with E-state index < -0.39 is 12.1 Å². The maximum Gasteiger partial charge on any atom is 0.339 e. The summed E-state index contributed by atoms with van der Waals surface area (Å²) in [6, 6.07) is 6.49. The van der Waals surface area contributed by atoms with Crippen LogP contribution in [0.3, 0.4) is 0 Å². The minimum Gasteiger partial charge on any atom is -0.449 e. The SMILES string of the molecule is CCC(OC(=O)c1ccncc1)C(=O)Nc1cccnc1. The second-order valence-electron chi connectivity index (χ2n) is 4.27. The smallest absolute Gasteiger partial charge is 0.339 e. The molecule has 108 valence electrons. The lowest BCUT2D eigenvalue weighted by Gasteiger charge is -2.15. The Morgan fingerprint density at radius 3 is 2.57 bits per heavy atom. The molecule has 2 rings (SSSR count). The first-order chi connectivity index (χ1) is 10.2. The second kappa shape index (κ2) is 7.14. The monoisotopic (exact) mass is 285 g/mol. The number of rotatable bonds is 5. The maximum absolute atomic E-state index is 12.1.